The van der Waals surface area contributed by atoms with E-state index in [9.17, 15) is 19.2 Å². The fraction of sp³-hybridized carbons (Fsp3) is 0.333. The van der Waals surface area contributed by atoms with Crippen molar-refractivity contribution < 1.29 is 23.9 Å². The average molecular weight is 422 g/mol. The number of ether oxygens (including phenoxy) is 1. The number of nitrogens with zero attached hydrogens (tertiary/aromatic N) is 1. The van der Waals surface area contributed by atoms with Crippen LogP contribution >= 0.6 is 0 Å². The molecule has 162 valence electrons. The Kier molecular flexibility index (Phi) is 6.24. The van der Waals surface area contributed by atoms with Gasteiger partial charge in [0.15, 0.2) is 6.10 Å². The van der Waals surface area contributed by atoms with E-state index in [0.29, 0.717) is 12.1 Å². The zero-order valence-electron chi connectivity index (χ0n) is 18.3. The van der Waals surface area contributed by atoms with Crippen LogP contribution in [0.3, 0.4) is 0 Å². The van der Waals surface area contributed by atoms with Crippen LogP contribution in [0.1, 0.15) is 69.4 Å². The maximum absolute atomic E-state index is 12.7. The van der Waals surface area contributed by atoms with E-state index in [1.165, 1.54) is 30.0 Å². The summed E-state index contributed by atoms with van der Waals surface area (Å²) in [6.45, 7) is 9.00. The molecule has 0 aromatic heterocycles. The molecule has 1 N–H and O–H groups in total. The van der Waals surface area contributed by atoms with E-state index in [4.69, 9.17) is 4.74 Å². The SMILES string of the molecule is CC[C@H](C)N1C(=O)c2ccc(C(=O)O[C@@H](C)C(=O)Nc3ccc(C)cc3C)cc2C1=O. The van der Waals surface area contributed by atoms with Crippen LogP contribution in [0.5, 0.6) is 0 Å². The largest absolute Gasteiger partial charge is 0.449 e. The van der Waals surface area contributed by atoms with Crippen LogP contribution in [0.4, 0.5) is 5.69 Å². The van der Waals surface area contributed by atoms with Gasteiger partial charge in [-0.25, -0.2) is 4.79 Å². The van der Waals surface area contributed by atoms with Crippen molar-refractivity contribution in [1.29, 1.82) is 0 Å². The topological polar surface area (TPSA) is 92.8 Å². The molecule has 7 nitrogen and oxygen atoms in total. The number of esters is 1. The van der Waals surface area contributed by atoms with Crippen LogP contribution in [-0.4, -0.2) is 40.7 Å². The summed E-state index contributed by atoms with van der Waals surface area (Å²) in [7, 11) is 0. The van der Waals surface area contributed by atoms with Gasteiger partial charge >= 0.3 is 5.97 Å². The van der Waals surface area contributed by atoms with Gasteiger partial charge in [-0.05, 0) is 63.9 Å². The monoisotopic (exact) mass is 422 g/mol. The minimum atomic E-state index is -1.05. The minimum absolute atomic E-state index is 0.108. The molecular formula is C24H26N2O5. The third-order valence-electron chi connectivity index (χ3n) is 5.48. The Balaban J connectivity index is 1.71. The van der Waals surface area contributed by atoms with Crippen LogP contribution < -0.4 is 5.32 Å². The molecule has 0 fully saturated rings. The molecule has 7 heteroatoms. The number of imide groups is 1. The number of nitrogens with one attached hydrogen (secondary N) is 1. The quantitative estimate of drug-likeness (QED) is 0.563. The third kappa shape index (κ3) is 4.35. The highest BCUT2D eigenvalue weighted by molar-refractivity contribution is 6.22. The molecule has 1 heterocycles. The van der Waals surface area contributed by atoms with Gasteiger partial charge in [0, 0.05) is 11.7 Å². The van der Waals surface area contributed by atoms with Crippen LogP contribution in [0.25, 0.3) is 0 Å². The standard InChI is InChI=1S/C24H26N2O5/c1-6-15(4)26-22(28)18-9-8-17(12-19(18)23(26)29)24(30)31-16(5)21(27)25-20-10-7-13(2)11-14(20)3/h7-12,15-16H,6H2,1-5H3,(H,25,27)/t15-,16-/m0/s1. The molecule has 1 aliphatic heterocycles. The molecule has 3 amide bonds. The highest BCUT2D eigenvalue weighted by Gasteiger charge is 2.38. The van der Waals surface area contributed by atoms with Gasteiger partial charge in [-0.1, -0.05) is 24.6 Å². The summed E-state index contributed by atoms with van der Waals surface area (Å²) >= 11 is 0. The van der Waals surface area contributed by atoms with E-state index in [1.807, 2.05) is 32.9 Å². The molecule has 2 atom stereocenters. The van der Waals surface area contributed by atoms with Gasteiger partial charge in [0.25, 0.3) is 17.7 Å². The summed E-state index contributed by atoms with van der Waals surface area (Å²) in [6, 6.07) is 9.62. The number of anilines is 1. The normalized spacial score (nSPS) is 14.8. The fourth-order valence-corrected chi connectivity index (χ4v) is 3.44. The lowest BCUT2D eigenvalue weighted by Gasteiger charge is -2.20. The Hall–Kier alpha value is -3.48. The Labute approximate surface area is 181 Å². The van der Waals surface area contributed by atoms with Gasteiger partial charge in [0.05, 0.1) is 16.7 Å². The highest BCUT2D eigenvalue weighted by atomic mass is 16.5. The molecule has 0 unspecified atom stereocenters. The predicted octanol–water partition coefficient (Wildman–Crippen LogP) is 3.88. The maximum Gasteiger partial charge on any atom is 0.338 e. The molecule has 1 aliphatic rings. The number of aryl methyl sites for hydroxylation is 2. The number of carbonyl (C=O) groups excluding carboxylic acids is 4. The van der Waals surface area contributed by atoms with Gasteiger partial charge in [-0.15, -0.1) is 0 Å². The number of hydrogen-bond acceptors (Lipinski definition) is 5. The van der Waals surface area contributed by atoms with E-state index in [-0.39, 0.29) is 28.6 Å². The molecule has 0 saturated heterocycles. The van der Waals surface area contributed by atoms with Crippen LogP contribution in [-0.2, 0) is 9.53 Å². The molecule has 2 aromatic rings. The lowest BCUT2D eigenvalue weighted by Crippen LogP contribution is -2.37. The number of fused-ring (bicyclic) bond motifs is 1. The fourth-order valence-electron chi connectivity index (χ4n) is 3.44. The summed E-state index contributed by atoms with van der Waals surface area (Å²) in [5.74, 6) is -2.00. The van der Waals surface area contributed by atoms with Crippen LogP contribution in [0, 0.1) is 13.8 Å². The van der Waals surface area contributed by atoms with Crippen molar-refractivity contribution in [1.82, 2.24) is 4.90 Å². The average Bonchev–Trinajstić information content (AvgIpc) is 2.99. The van der Waals surface area contributed by atoms with Crippen molar-refractivity contribution in [3.63, 3.8) is 0 Å². The Morgan fingerprint density at radius 3 is 2.32 bits per heavy atom. The van der Waals surface area contributed by atoms with Crippen molar-refractivity contribution in [2.45, 2.75) is 53.2 Å². The van der Waals surface area contributed by atoms with Gasteiger partial charge < -0.3 is 10.1 Å². The number of hydrogen-bond donors (Lipinski definition) is 1. The number of benzene rings is 2. The molecular weight excluding hydrogens is 396 g/mol. The van der Waals surface area contributed by atoms with E-state index in [0.717, 1.165) is 11.1 Å². The molecule has 0 bridgehead atoms. The van der Waals surface area contributed by atoms with Gasteiger partial charge in [-0.3, -0.25) is 19.3 Å². The van der Waals surface area contributed by atoms with Gasteiger partial charge in [0.1, 0.15) is 0 Å². The third-order valence-corrected chi connectivity index (χ3v) is 5.48. The summed E-state index contributed by atoms with van der Waals surface area (Å²) in [5.41, 5.74) is 3.17. The molecule has 0 spiro atoms. The second-order valence-corrected chi connectivity index (χ2v) is 7.85. The number of carbonyl (C=O) groups is 4. The second-order valence-electron chi connectivity index (χ2n) is 7.85. The first kappa shape index (κ1) is 22.2. The van der Waals surface area contributed by atoms with E-state index in [1.54, 1.807) is 13.0 Å². The first-order valence-corrected chi connectivity index (χ1v) is 10.2. The summed E-state index contributed by atoms with van der Waals surface area (Å²) in [4.78, 5) is 51.4. The molecule has 2 aromatic carbocycles. The van der Waals surface area contributed by atoms with Gasteiger partial charge in [0.2, 0.25) is 0 Å². The van der Waals surface area contributed by atoms with Crippen molar-refractivity contribution in [2.75, 3.05) is 5.32 Å². The number of rotatable bonds is 6. The Morgan fingerprint density at radius 2 is 1.68 bits per heavy atom. The van der Waals surface area contributed by atoms with Crippen molar-refractivity contribution >= 4 is 29.4 Å². The number of amides is 3. The zero-order chi connectivity index (χ0) is 22.9. The van der Waals surface area contributed by atoms with Crippen molar-refractivity contribution in [3.8, 4) is 0 Å². The predicted molar refractivity (Wildman–Crippen MR) is 116 cm³/mol. The second kappa shape index (κ2) is 8.71. The minimum Gasteiger partial charge on any atom is -0.449 e. The zero-order valence-corrected chi connectivity index (χ0v) is 18.3. The van der Waals surface area contributed by atoms with Crippen molar-refractivity contribution in [2.24, 2.45) is 0 Å². The van der Waals surface area contributed by atoms with Crippen molar-refractivity contribution in [3.05, 3.63) is 64.2 Å². The molecule has 31 heavy (non-hydrogen) atoms. The molecule has 3 rings (SSSR count). The Bertz CT molecular complexity index is 1080. The van der Waals surface area contributed by atoms with E-state index >= 15 is 0 Å². The van der Waals surface area contributed by atoms with Crippen LogP contribution in [0.15, 0.2) is 36.4 Å². The lowest BCUT2D eigenvalue weighted by molar-refractivity contribution is -0.123. The summed E-state index contributed by atoms with van der Waals surface area (Å²) < 4.78 is 5.29. The summed E-state index contributed by atoms with van der Waals surface area (Å²) in [5, 5.41) is 2.75. The maximum atomic E-state index is 12.7. The highest BCUT2D eigenvalue weighted by Crippen LogP contribution is 2.27. The first-order valence-electron chi connectivity index (χ1n) is 10.2. The Morgan fingerprint density at radius 1 is 1.00 bits per heavy atom. The lowest BCUT2D eigenvalue weighted by atomic mass is 10.1. The van der Waals surface area contributed by atoms with Gasteiger partial charge in [-0.2, -0.15) is 0 Å². The molecule has 0 aliphatic carbocycles. The van der Waals surface area contributed by atoms with Crippen LogP contribution in [0.2, 0.25) is 0 Å². The summed E-state index contributed by atoms with van der Waals surface area (Å²) in [6.07, 6.45) is -0.414. The smallest absolute Gasteiger partial charge is 0.338 e. The van der Waals surface area contributed by atoms with E-state index in [2.05, 4.69) is 5.32 Å². The molecule has 0 radical (unpaired) electrons. The molecule has 0 saturated carbocycles. The van der Waals surface area contributed by atoms with E-state index < -0.39 is 23.9 Å². The first-order chi connectivity index (χ1) is 14.6.